The maximum Gasteiger partial charge on any atom is -0.000697 e. The molecule has 8 rings (SSSR count). The molecule has 0 radical (unpaired) electrons. The molecule has 33 heavy (non-hydrogen) atoms. The molecule has 0 unspecified atom stereocenters. The highest BCUT2D eigenvalue weighted by Crippen LogP contribution is 2.52. The first kappa shape index (κ1) is 17.4. The lowest BCUT2D eigenvalue weighted by atomic mass is 9.90. The summed E-state index contributed by atoms with van der Waals surface area (Å²) in [5.74, 6) is 0. The number of rotatable bonds is 1. The minimum atomic E-state index is 1.29. The fraction of sp³-hybridized carbons (Fsp3) is 0.0303. The van der Waals surface area contributed by atoms with E-state index in [2.05, 4.69) is 110 Å². The van der Waals surface area contributed by atoms with Gasteiger partial charge in [-0.1, -0.05) is 103 Å². The van der Waals surface area contributed by atoms with Crippen LogP contribution in [0.5, 0.6) is 0 Å². The van der Waals surface area contributed by atoms with Gasteiger partial charge in [-0.2, -0.15) is 0 Å². The van der Waals surface area contributed by atoms with Crippen molar-refractivity contribution < 1.29 is 0 Å². The molecule has 8 aromatic carbocycles. The van der Waals surface area contributed by atoms with Crippen LogP contribution in [0.15, 0.2) is 103 Å². The second-order valence-corrected chi connectivity index (χ2v) is 9.30. The van der Waals surface area contributed by atoms with Crippen molar-refractivity contribution in [2.75, 3.05) is 0 Å². The van der Waals surface area contributed by atoms with Gasteiger partial charge in [0.05, 0.1) is 0 Å². The first-order valence-corrected chi connectivity index (χ1v) is 11.6. The molecular weight excluding hydrogens is 396 g/mol. The molecule has 0 saturated heterocycles. The summed E-state index contributed by atoms with van der Waals surface area (Å²) in [6, 6.07) is 38.2. The van der Waals surface area contributed by atoms with Crippen LogP contribution in [0.4, 0.5) is 0 Å². The third kappa shape index (κ3) is 2.02. The molecule has 0 heteroatoms. The Balaban J connectivity index is 1.83. The van der Waals surface area contributed by atoms with Crippen molar-refractivity contribution in [1.29, 1.82) is 0 Å². The van der Waals surface area contributed by atoms with Gasteiger partial charge < -0.3 is 0 Å². The molecule has 152 valence electrons. The summed E-state index contributed by atoms with van der Waals surface area (Å²) in [5, 5.41) is 16.5. The van der Waals surface area contributed by atoms with Crippen molar-refractivity contribution in [2.24, 2.45) is 0 Å². The van der Waals surface area contributed by atoms with E-state index in [1.165, 1.54) is 81.3 Å². The van der Waals surface area contributed by atoms with Gasteiger partial charge in [-0.25, -0.2) is 0 Å². The first-order valence-electron chi connectivity index (χ1n) is 11.6. The summed E-state index contributed by atoms with van der Waals surface area (Å²) in [7, 11) is 0. The van der Waals surface area contributed by atoms with E-state index in [1.807, 2.05) is 0 Å². The summed E-state index contributed by atoms with van der Waals surface area (Å²) >= 11 is 0. The molecular formula is C33H20. The zero-order valence-electron chi connectivity index (χ0n) is 18.3. The molecule has 0 N–H and O–H groups in total. The van der Waals surface area contributed by atoms with E-state index in [9.17, 15) is 0 Å². The molecule has 0 heterocycles. The van der Waals surface area contributed by atoms with Crippen LogP contribution in [0.2, 0.25) is 0 Å². The van der Waals surface area contributed by atoms with Crippen LogP contribution in [0.3, 0.4) is 0 Å². The predicted octanol–water partition coefficient (Wildman–Crippen LogP) is 9.46. The average Bonchev–Trinajstić information content (AvgIpc) is 3.38. The highest BCUT2D eigenvalue weighted by Gasteiger charge is 2.24. The molecule has 0 spiro atoms. The number of benzene rings is 6. The number of hydrogen-bond donors (Lipinski definition) is 0. The molecule has 0 nitrogen and oxygen atoms in total. The third-order valence-electron chi connectivity index (χ3n) is 7.68. The van der Waals surface area contributed by atoms with Gasteiger partial charge in [0, 0.05) is 0 Å². The maximum atomic E-state index is 2.35. The van der Waals surface area contributed by atoms with Crippen LogP contribution in [0.25, 0.3) is 75.8 Å². The number of hydrogen-bond acceptors (Lipinski definition) is 0. The summed E-state index contributed by atoms with van der Waals surface area (Å²) in [6.07, 6.45) is 0. The lowest BCUT2D eigenvalue weighted by Gasteiger charge is -2.12. The van der Waals surface area contributed by atoms with Crippen LogP contribution < -0.4 is 0 Å². The van der Waals surface area contributed by atoms with E-state index < -0.39 is 0 Å². The minimum Gasteiger partial charge on any atom is -0.0622 e. The molecule has 0 saturated carbocycles. The van der Waals surface area contributed by atoms with E-state index in [0.29, 0.717) is 0 Å². The molecule has 0 aromatic heterocycles. The Hall–Kier alpha value is -4.16. The lowest BCUT2D eigenvalue weighted by molar-refractivity contribution is 1.55. The van der Waals surface area contributed by atoms with Gasteiger partial charge in [-0.05, 0) is 88.2 Å². The van der Waals surface area contributed by atoms with E-state index >= 15 is 0 Å². The van der Waals surface area contributed by atoms with E-state index in [-0.39, 0.29) is 0 Å². The summed E-state index contributed by atoms with van der Waals surface area (Å²) in [5.41, 5.74) is 3.99. The Morgan fingerprint density at radius 2 is 0.909 bits per heavy atom. The van der Waals surface area contributed by atoms with Crippen molar-refractivity contribution in [3.63, 3.8) is 0 Å². The van der Waals surface area contributed by atoms with Crippen LogP contribution in [-0.2, 0) is 0 Å². The largest absolute Gasteiger partial charge is 0.0622 e. The standard InChI is InChI=1S/C33H20/c1-19-17-18-27-29-21(19)13-7-16-26(29)33-31-24-12-6-5-11-22(24)23-14-8-15-25(30(23)31)28(32(27)33)20-9-3-2-4-10-20/h2-18H,1H3. The van der Waals surface area contributed by atoms with Gasteiger partial charge in [0.2, 0.25) is 0 Å². The highest BCUT2D eigenvalue weighted by atomic mass is 14.3. The summed E-state index contributed by atoms with van der Waals surface area (Å²) in [4.78, 5) is 0. The van der Waals surface area contributed by atoms with Crippen molar-refractivity contribution >= 4 is 64.6 Å². The Morgan fingerprint density at radius 1 is 0.333 bits per heavy atom. The van der Waals surface area contributed by atoms with Crippen LogP contribution in [0, 0.1) is 6.92 Å². The van der Waals surface area contributed by atoms with Crippen molar-refractivity contribution in [3.05, 3.63) is 109 Å². The van der Waals surface area contributed by atoms with Gasteiger partial charge >= 0.3 is 0 Å². The molecule has 0 aliphatic heterocycles. The second kappa shape index (κ2) is 5.99. The smallest absolute Gasteiger partial charge is 0.000697 e. The fourth-order valence-electron chi connectivity index (χ4n) is 6.38. The number of aryl methyl sites for hydroxylation is 1. The van der Waals surface area contributed by atoms with Crippen LogP contribution >= 0.6 is 0 Å². The Labute approximate surface area is 191 Å². The minimum absolute atomic E-state index is 1.29. The van der Waals surface area contributed by atoms with E-state index in [0.717, 1.165) is 0 Å². The molecule has 0 aliphatic rings. The normalized spacial score (nSPS) is 12.4. The molecule has 0 bridgehead atoms. The fourth-order valence-corrected chi connectivity index (χ4v) is 6.38. The van der Waals surface area contributed by atoms with Gasteiger partial charge in [-0.15, -0.1) is 0 Å². The quantitative estimate of drug-likeness (QED) is 0.250. The van der Waals surface area contributed by atoms with E-state index in [1.54, 1.807) is 0 Å². The maximum absolute atomic E-state index is 2.35. The van der Waals surface area contributed by atoms with Gasteiger partial charge in [0.25, 0.3) is 0 Å². The Kier molecular flexibility index (Phi) is 3.16. The third-order valence-corrected chi connectivity index (χ3v) is 7.68. The van der Waals surface area contributed by atoms with Gasteiger partial charge in [0.1, 0.15) is 0 Å². The number of fused-ring (bicyclic) bond motifs is 7. The predicted molar refractivity (Wildman–Crippen MR) is 144 cm³/mol. The molecule has 0 aliphatic carbocycles. The average molecular weight is 417 g/mol. The molecule has 0 fully saturated rings. The van der Waals surface area contributed by atoms with Gasteiger partial charge in [-0.3, -0.25) is 0 Å². The summed E-state index contributed by atoms with van der Waals surface area (Å²) < 4.78 is 0. The van der Waals surface area contributed by atoms with Crippen LogP contribution in [0.1, 0.15) is 5.56 Å². The van der Waals surface area contributed by atoms with Crippen molar-refractivity contribution in [3.8, 4) is 11.1 Å². The molecule has 0 amide bonds. The Bertz CT molecular complexity index is 2010. The first-order chi connectivity index (χ1) is 16.3. The lowest BCUT2D eigenvalue weighted by Crippen LogP contribution is -1.84. The van der Waals surface area contributed by atoms with Crippen molar-refractivity contribution in [2.45, 2.75) is 6.92 Å². The van der Waals surface area contributed by atoms with Gasteiger partial charge in [0.15, 0.2) is 0 Å². The second-order valence-electron chi connectivity index (χ2n) is 9.30. The zero-order valence-corrected chi connectivity index (χ0v) is 18.3. The zero-order chi connectivity index (χ0) is 21.7. The highest BCUT2D eigenvalue weighted by molar-refractivity contribution is 6.48. The van der Waals surface area contributed by atoms with Crippen molar-refractivity contribution in [1.82, 2.24) is 0 Å². The summed E-state index contributed by atoms with van der Waals surface area (Å²) in [6.45, 7) is 2.23. The Morgan fingerprint density at radius 3 is 1.76 bits per heavy atom. The topological polar surface area (TPSA) is 0 Å². The molecule has 8 aromatic rings. The SMILES string of the molecule is Cc1ccc2c3c(-c4ccccc4)c4cccc5c6ccccc6c(c45)c3c3cccc1c23. The monoisotopic (exact) mass is 416 g/mol. The molecule has 0 atom stereocenters. The van der Waals surface area contributed by atoms with Crippen LogP contribution in [-0.4, -0.2) is 0 Å². The van der Waals surface area contributed by atoms with E-state index in [4.69, 9.17) is 0 Å².